The number of benzene rings is 2. The quantitative estimate of drug-likeness (QED) is 0.328. The average molecular weight is 564 g/mol. The molecule has 0 bridgehead atoms. The summed E-state index contributed by atoms with van der Waals surface area (Å²) in [4.78, 5) is 0. The SMILES string of the molecule is CC1=Cc2c(-c3ccccc3)cccc2C1C1=[C]([Zr]([CH3])([CH3])=[SiH2])C(C)=C(C(C)(C)C)C1.Cl.Cl. The zero-order valence-electron chi connectivity index (χ0n) is 20.5. The molecule has 0 amide bonds. The van der Waals surface area contributed by atoms with Gasteiger partial charge < -0.3 is 0 Å². The van der Waals surface area contributed by atoms with E-state index >= 15 is 0 Å². The zero-order chi connectivity index (χ0) is 21.8. The third-order valence-electron chi connectivity index (χ3n) is 6.81. The third-order valence-corrected chi connectivity index (χ3v) is 13.9. The topological polar surface area (TPSA) is 0 Å². The van der Waals surface area contributed by atoms with Gasteiger partial charge in [-0.05, 0) is 0 Å². The van der Waals surface area contributed by atoms with Gasteiger partial charge >= 0.3 is 190 Å². The van der Waals surface area contributed by atoms with Crippen molar-refractivity contribution in [2.24, 2.45) is 5.41 Å². The fraction of sp³-hybridized carbons (Fsp3) is 0.357. The summed E-state index contributed by atoms with van der Waals surface area (Å²) in [5.41, 5.74) is 12.4. The van der Waals surface area contributed by atoms with Crippen LogP contribution in [-0.4, -0.2) is 6.88 Å². The molecular formula is C28H37Cl2SiZr. The summed E-state index contributed by atoms with van der Waals surface area (Å²) in [6.45, 7) is 14.3. The zero-order valence-corrected chi connectivity index (χ0v) is 26.0. The molecule has 2 aliphatic carbocycles. The van der Waals surface area contributed by atoms with Crippen LogP contribution in [0.5, 0.6) is 0 Å². The van der Waals surface area contributed by atoms with Gasteiger partial charge in [-0.1, -0.05) is 0 Å². The average Bonchev–Trinajstić information content (AvgIpc) is 3.17. The third kappa shape index (κ3) is 4.90. The molecule has 0 radical (unpaired) electrons. The summed E-state index contributed by atoms with van der Waals surface area (Å²) in [6, 6.07) is 17.8. The van der Waals surface area contributed by atoms with Crippen molar-refractivity contribution in [2.75, 3.05) is 0 Å². The van der Waals surface area contributed by atoms with E-state index in [4.69, 9.17) is 0 Å². The van der Waals surface area contributed by atoms with Crippen molar-refractivity contribution in [3.8, 4) is 11.1 Å². The summed E-state index contributed by atoms with van der Waals surface area (Å²) in [6.07, 6.45) is 3.63. The molecule has 4 rings (SSSR count). The molecule has 0 saturated heterocycles. The second-order valence-corrected chi connectivity index (χ2v) is 31.8. The van der Waals surface area contributed by atoms with Crippen molar-refractivity contribution in [2.45, 2.75) is 56.2 Å². The Hall–Kier alpha value is -0.660. The molecule has 0 aromatic heterocycles. The van der Waals surface area contributed by atoms with E-state index < -0.39 is 18.9 Å². The van der Waals surface area contributed by atoms with E-state index in [-0.39, 0.29) is 30.2 Å². The molecule has 0 nitrogen and oxygen atoms in total. The van der Waals surface area contributed by atoms with Crippen molar-refractivity contribution in [1.82, 2.24) is 0 Å². The number of fused-ring (bicyclic) bond motifs is 1. The number of allylic oxidation sites excluding steroid dienone is 5. The molecule has 4 heteroatoms. The molecule has 1 unspecified atom stereocenters. The van der Waals surface area contributed by atoms with Gasteiger partial charge in [0.15, 0.2) is 0 Å². The van der Waals surface area contributed by atoms with Gasteiger partial charge in [-0.2, -0.15) is 0 Å². The van der Waals surface area contributed by atoms with E-state index in [0.717, 1.165) is 6.42 Å². The molecule has 171 valence electrons. The molecule has 32 heavy (non-hydrogen) atoms. The second-order valence-electron chi connectivity index (χ2n) is 10.8. The van der Waals surface area contributed by atoms with Crippen LogP contribution in [0.1, 0.15) is 58.1 Å². The van der Waals surface area contributed by atoms with Crippen LogP contribution in [0.4, 0.5) is 0 Å². The Morgan fingerprint density at radius 3 is 2.09 bits per heavy atom. The van der Waals surface area contributed by atoms with E-state index in [1.807, 2.05) is 3.28 Å². The fourth-order valence-electron chi connectivity index (χ4n) is 5.70. The Morgan fingerprint density at radius 1 is 0.906 bits per heavy atom. The van der Waals surface area contributed by atoms with Crippen LogP contribution >= 0.6 is 24.8 Å². The summed E-state index contributed by atoms with van der Waals surface area (Å²) in [7, 11) is 0. The minimum atomic E-state index is -2.27. The maximum absolute atomic E-state index is 2.60. The smallest absolute Gasteiger partial charge is 0.147 e. The Labute approximate surface area is 213 Å². The van der Waals surface area contributed by atoms with Gasteiger partial charge in [0.05, 0.1) is 0 Å². The fourth-order valence-corrected chi connectivity index (χ4v) is 14.2. The van der Waals surface area contributed by atoms with Crippen LogP contribution < -0.4 is 0 Å². The minimum absolute atomic E-state index is 0. The summed E-state index contributed by atoms with van der Waals surface area (Å²) >= 11 is -2.27. The van der Waals surface area contributed by atoms with Crippen LogP contribution in [0.3, 0.4) is 0 Å². The minimum Gasteiger partial charge on any atom is -0.147 e. The molecule has 0 fully saturated rings. The van der Waals surface area contributed by atoms with Crippen molar-refractivity contribution in [1.29, 1.82) is 0 Å². The van der Waals surface area contributed by atoms with Gasteiger partial charge in [0.25, 0.3) is 0 Å². The molecule has 1 atom stereocenters. The molecule has 2 aromatic rings. The normalized spacial score (nSPS) is 18.2. The monoisotopic (exact) mass is 561 g/mol. The van der Waals surface area contributed by atoms with Gasteiger partial charge in [0, 0.05) is 0 Å². The van der Waals surface area contributed by atoms with Gasteiger partial charge in [-0.15, -0.1) is 24.8 Å². The van der Waals surface area contributed by atoms with Crippen molar-refractivity contribution in [3.63, 3.8) is 0 Å². The predicted octanol–water partition coefficient (Wildman–Crippen LogP) is 8.52. The largest absolute Gasteiger partial charge is 0.147 e. The van der Waals surface area contributed by atoms with E-state index in [1.54, 1.807) is 16.7 Å². The van der Waals surface area contributed by atoms with Crippen molar-refractivity contribution in [3.05, 3.63) is 85.2 Å². The predicted molar refractivity (Wildman–Crippen MR) is 147 cm³/mol. The summed E-state index contributed by atoms with van der Waals surface area (Å²) in [5.74, 6) is 0.453. The van der Waals surface area contributed by atoms with Gasteiger partial charge in [-0.25, -0.2) is 0 Å². The maximum atomic E-state index is 2.60. The Balaban J connectivity index is 0.00000181. The summed E-state index contributed by atoms with van der Waals surface area (Å²) in [5, 5.41) is 0. The first kappa shape index (κ1) is 27.6. The van der Waals surface area contributed by atoms with Crippen LogP contribution in [0, 0.1) is 5.41 Å². The molecule has 0 saturated carbocycles. The molecule has 2 aliphatic rings. The first-order valence-corrected chi connectivity index (χ1v) is 23.2. The molecule has 0 heterocycles. The van der Waals surface area contributed by atoms with Gasteiger partial charge in [-0.3, -0.25) is 0 Å². The molecule has 0 N–H and O–H groups in total. The first-order chi connectivity index (χ1) is 14.0. The molecular weight excluding hydrogens is 527 g/mol. The van der Waals surface area contributed by atoms with Crippen LogP contribution in [0.2, 0.25) is 9.26 Å². The Bertz CT molecular complexity index is 1160. The van der Waals surface area contributed by atoms with E-state index in [1.165, 1.54) is 27.8 Å². The number of halogens is 2. The van der Waals surface area contributed by atoms with E-state index in [9.17, 15) is 0 Å². The number of hydrogen-bond acceptors (Lipinski definition) is 0. The number of rotatable bonds is 3. The Morgan fingerprint density at radius 2 is 1.53 bits per heavy atom. The molecule has 0 spiro atoms. The first-order valence-electron chi connectivity index (χ1n) is 11.2. The van der Waals surface area contributed by atoms with Crippen LogP contribution in [0.15, 0.2) is 74.1 Å². The molecule has 0 aliphatic heterocycles. The van der Waals surface area contributed by atoms with Crippen molar-refractivity contribution < 1.29 is 18.9 Å². The molecule has 2 aromatic carbocycles. The maximum Gasteiger partial charge on any atom is -0.147 e. The van der Waals surface area contributed by atoms with Crippen LogP contribution in [-0.2, 0) is 18.9 Å². The second kappa shape index (κ2) is 9.91. The van der Waals surface area contributed by atoms with Gasteiger partial charge in [0.2, 0.25) is 0 Å². The van der Waals surface area contributed by atoms with Gasteiger partial charge in [0.1, 0.15) is 0 Å². The Kier molecular flexibility index (Phi) is 8.54. The van der Waals surface area contributed by atoms with E-state index in [0.29, 0.717) is 5.92 Å². The summed E-state index contributed by atoms with van der Waals surface area (Å²) < 4.78 is 7.02. The van der Waals surface area contributed by atoms with Crippen molar-refractivity contribution >= 4 is 37.8 Å². The standard InChI is InChI=1S/C26H27.2CH3.2ClH.H2Si.Zr/c1-17-14-20(16-24(17)26(3,4)5)25-18(2)15-23-21(12-9-13-22(23)25)19-10-7-6-8-11-19;;;;;;/h6-13,15,25H,16H2,1-5H3;2*1H3;2*1H;1H2;. The van der Waals surface area contributed by atoms with E-state index in [2.05, 4.69) is 105 Å². The van der Waals surface area contributed by atoms with Crippen LogP contribution in [0.25, 0.3) is 17.2 Å². The number of hydrogen-bond donors (Lipinski definition) is 0.